The fraction of sp³-hybridized carbons (Fsp3) is 0.698. The van der Waals surface area contributed by atoms with Gasteiger partial charge in [-0.3, -0.25) is 57.9 Å². The number of hydrogen-bond donors (Lipinski definition) is 18. The number of nitrogens with one attached hydrogen (secondary N) is 8. The van der Waals surface area contributed by atoms with Gasteiger partial charge in [0.05, 0.1) is 6.04 Å². The molecule has 8 amide bonds. The van der Waals surface area contributed by atoms with Crippen LogP contribution in [-0.4, -0.2) is 172 Å². The van der Waals surface area contributed by atoms with Crippen molar-refractivity contribution in [2.24, 2.45) is 50.3 Å². The molecule has 420 valence electrons. The fourth-order valence-electron chi connectivity index (χ4n) is 6.59. The molecule has 74 heavy (non-hydrogen) atoms. The molecule has 0 aromatic rings. The van der Waals surface area contributed by atoms with Crippen molar-refractivity contribution in [3.63, 3.8) is 0 Å². The Balaban J connectivity index is 6.50. The largest absolute Gasteiger partial charge is 0.481 e. The lowest BCUT2D eigenvalue weighted by Gasteiger charge is -2.28. The van der Waals surface area contributed by atoms with E-state index in [9.17, 15) is 63.0 Å². The second-order valence-electron chi connectivity index (χ2n) is 17.6. The van der Waals surface area contributed by atoms with Crippen LogP contribution in [0.1, 0.15) is 105 Å². The molecule has 0 aliphatic rings. The summed E-state index contributed by atoms with van der Waals surface area (Å²) >= 11 is 4.13. The van der Waals surface area contributed by atoms with Crippen molar-refractivity contribution in [2.75, 3.05) is 25.4 Å². The van der Waals surface area contributed by atoms with Gasteiger partial charge >= 0.3 is 17.9 Å². The quantitative estimate of drug-likeness (QED) is 0.0119. The van der Waals surface area contributed by atoms with Gasteiger partial charge < -0.3 is 92.3 Å². The number of nitrogens with zero attached hydrogens (tertiary/aromatic N) is 2. The molecule has 0 aromatic carbocycles. The van der Waals surface area contributed by atoms with Crippen molar-refractivity contribution in [1.29, 1.82) is 0 Å². The zero-order valence-corrected chi connectivity index (χ0v) is 43.1. The Labute approximate surface area is 434 Å². The van der Waals surface area contributed by atoms with Gasteiger partial charge in [0.1, 0.15) is 48.3 Å². The fourth-order valence-corrected chi connectivity index (χ4v) is 6.84. The SMILES string of the molecule is CC(C)C[C@H](NC(=O)[C@H](CCCCN)NC(=O)[C@H](C)NC(=O)[C@@H](N)CCC(=O)O)C(=O)N[C@@H](CCCN=C(N)N)C(=O)N[C@@H](CCC(=O)O)C(=O)N[C@@H](CS)C(=O)N[C@@H](C)C(=O)N[C@@H](CCCN=C(N)N)C(=O)O. The Morgan fingerprint density at radius 2 is 0.824 bits per heavy atom. The number of rotatable bonds is 38. The third-order valence-corrected chi connectivity index (χ3v) is 11.0. The monoisotopic (exact) mass is 1070 g/mol. The Hall–Kier alpha value is -7.02. The molecule has 0 fully saturated rings. The Morgan fingerprint density at radius 3 is 1.26 bits per heavy atom. The molecular formula is C43H78N16O14S. The molecule has 0 unspecified atom stereocenters. The highest BCUT2D eigenvalue weighted by molar-refractivity contribution is 7.80. The van der Waals surface area contributed by atoms with Crippen LogP contribution in [0.2, 0.25) is 0 Å². The number of aliphatic imine (C=N–C) groups is 2. The van der Waals surface area contributed by atoms with Gasteiger partial charge in [-0.2, -0.15) is 12.6 Å². The number of guanidine groups is 2. The third-order valence-electron chi connectivity index (χ3n) is 10.7. The van der Waals surface area contributed by atoms with E-state index in [4.69, 9.17) is 39.5 Å². The molecule has 0 spiro atoms. The summed E-state index contributed by atoms with van der Waals surface area (Å²) in [5.41, 5.74) is 32.9. The van der Waals surface area contributed by atoms with Gasteiger partial charge in [0.15, 0.2) is 11.9 Å². The zero-order valence-electron chi connectivity index (χ0n) is 42.2. The minimum absolute atomic E-state index is 0.00199. The Kier molecular flexibility index (Phi) is 32.6. The zero-order chi connectivity index (χ0) is 56.7. The molecule has 23 N–H and O–H groups in total. The number of thiol groups is 1. The van der Waals surface area contributed by atoms with Crippen LogP contribution in [0.3, 0.4) is 0 Å². The first-order valence-corrected chi connectivity index (χ1v) is 24.5. The minimum atomic E-state index is -1.65. The summed E-state index contributed by atoms with van der Waals surface area (Å²) < 4.78 is 0. The molecule has 0 heterocycles. The summed E-state index contributed by atoms with van der Waals surface area (Å²) in [6, 6.07) is -12.4. The molecule has 9 atom stereocenters. The first kappa shape index (κ1) is 67.0. The van der Waals surface area contributed by atoms with Crippen molar-refractivity contribution >= 4 is 89.7 Å². The number of carbonyl (C=O) groups excluding carboxylic acids is 8. The molecule has 0 saturated heterocycles. The van der Waals surface area contributed by atoms with Crippen LogP contribution in [-0.2, 0) is 52.7 Å². The van der Waals surface area contributed by atoms with E-state index in [2.05, 4.69) is 65.1 Å². The lowest BCUT2D eigenvalue weighted by atomic mass is 10.0. The highest BCUT2D eigenvalue weighted by Gasteiger charge is 2.34. The van der Waals surface area contributed by atoms with E-state index in [1.807, 2.05) is 0 Å². The van der Waals surface area contributed by atoms with Crippen molar-refractivity contribution in [2.45, 2.75) is 159 Å². The molecule has 0 radical (unpaired) electrons. The number of carbonyl (C=O) groups is 11. The number of hydrogen-bond acceptors (Lipinski definition) is 16. The van der Waals surface area contributed by atoms with E-state index < -0.39 is 139 Å². The van der Waals surface area contributed by atoms with Gasteiger partial charge in [-0.25, -0.2) is 4.79 Å². The van der Waals surface area contributed by atoms with Gasteiger partial charge in [-0.15, -0.1) is 0 Å². The van der Waals surface area contributed by atoms with Crippen LogP contribution in [0.15, 0.2) is 9.98 Å². The Morgan fingerprint density at radius 1 is 0.459 bits per heavy atom. The van der Waals surface area contributed by atoms with Crippen LogP contribution in [0.5, 0.6) is 0 Å². The van der Waals surface area contributed by atoms with E-state index in [1.54, 1.807) is 13.8 Å². The van der Waals surface area contributed by atoms with Crippen molar-refractivity contribution in [3.8, 4) is 0 Å². The standard InChI is InChI=1S/C43H78N16O14S/c1-21(2)19-29(58-37(68)25(9-5-6-16-44)54-33(64)22(3)52-35(66)24(45)12-14-31(60)61)39(70)55-26(10-7-17-50-42(46)47)36(67)56-27(13-15-32(62)63)38(69)59-30(20-74)40(71)53-23(4)34(65)57-28(41(72)73)11-8-18-51-43(48)49/h21-30,74H,5-20,44-45H2,1-4H3,(H,52,66)(H,53,71)(H,54,64)(H,55,70)(H,56,67)(H,57,65)(H,58,68)(H,59,69)(H,60,61)(H,62,63)(H,72,73)(H4,46,47,50)(H4,48,49,51)/t22-,23-,24-,25-,26-,27-,28-,29-,30-/m0/s1. The van der Waals surface area contributed by atoms with E-state index in [0.717, 1.165) is 0 Å². The molecule has 0 aliphatic heterocycles. The van der Waals surface area contributed by atoms with Crippen molar-refractivity contribution < 1.29 is 68.1 Å². The summed E-state index contributed by atoms with van der Waals surface area (Å²) in [4.78, 5) is 150. The summed E-state index contributed by atoms with van der Waals surface area (Å²) in [5, 5.41) is 47.6. The number of amides is 8. The second kappa shape index (κ2) is 36.0. The first-order valence-electron chi connectivity index (χ1n) is 23.9. The van der Waals surface area contributed by atoms with Gasteiger partial charge in [0.2, 0.25) is 47.3 Å². The molecule has 0 bridgehead atoms. The van der Waals surface area contributed by atoms with E-state index in [1.165, 1.54) is 13.8 Å². The van der Waals surface area contributed by atoms with Crippen LogP contribution in [0, 0.1) is 5.92 Å². The van der Waals surface area contributed by atoms with Gasteiger partial charge in [-0.05, 0) is 90.5 Å². The van der Waals surface area contributed by atoms with Gasteiger partial charge in [0, 0.05) is 31.7 Å². The maximum atomic E-state index is 14.1. The lowest BCUT2D eigenvalue weighted by molar-refractivity contribution is -0.142. The number of carboxylic acids is 3. The van der Waals surface area contributed by atoms with Crippen LogP contribution in [0.4, 0.5) is 0 Å². The highest BCUT2D eigenvalue weighted by atomic mass is 32.1. The summed E-state index contributed by atoms with van der Waals surface area (Å²) in [6.07, 6.45) is -0.926. The van der Waals surface area contributed by atoms with Crippen LogP contribution < -0.4 is 76.9 Å². The van der Waals surface area contributed by atoms with Crippen LogP contribution in [0.25, 0.3) is 0 Å². The maximum absolute atomic E-state index is 14.1. The van der Waals surface area contributed by atoms with Gasteiger partial charge in [-0.1, -0.05) is 13.8 Å². The van der Waals surface area contributed by atoms with Crippen molar-refractivity contribution in [3.05, 3.63) is 0 Å². The van der Waals surface area contributed by atoms with E-state index >= 15 is 0 Å². The molecule has 0 rings (SSSR count). The summed E-state index contributed by atoms with van der Waals surface area (Å²) in [7, 11) is 0. The first-order chi connectivity index (χ1) is 34.6. The molecule has 30 nitrogen and oxygen atoms in total. The highest BCUT2D eigenvalue weighted by Crippen LogP contribution is 2.11. The smallest absolute Gasteiger partial charge is 0.326 e. The summed E-state index contributed by atoms with van der Waals surface area (Å²) in [6.45, 7) is 6.36. The number of aliphatic carboxylic acids is 3. The molecule has 31 heteroatoms. The lowest BCUT2D eigenvalue weighted by Crippen LogP contribution is -2.60. The molecule has 0 aromatic heterocycles. The second-order valence-corrected chi connectivity index (χ2v) is 18.0. The van der Waals surface area contributed by atoms with E-state index in [0.29, 0.717) is 12.8 Å². The average molecular weight is 1080 g/mol. The van der Waals surface area contributed by atoms with Gasteiger partial charge in [0.25, 0.3) is 0 Å². The maximum Gasteiger partial charge on any atom is 0.326 e. The van der Waals surface area contributed by atoms with Crippen LogP contribution >= 0.6 is 12.6 Å². The topological polar surface area (TPSA) is 526 Å². The number of unbranched alkanes of at least 4 members (excludes halogenated alkanes) is 1. The van der Waals surface area contributed by atoms with E-state index in [-0.39, 0.29) is 88.2 Å². The Bertz CT molecular complexity index is 1970. The predicted octanol–water partition coefficient (Wildman–Crippen LogP) is -5.74. The number of nitrogens with two attached hydrogens (primary N) is 6. The molecule has 0 saturated carbocycles. The number of carboxylic acid groups (broad SMARTS) is 3. The predicted molar refractivity (Wildman–Crippen MR) is 272 cm³/mol. The normalized spacial score (nSPS) is 14.5. The summed E-state index contributed by atoms with van der Waals surface area (Å²) in [5.74, 6) is -12.2. The van der Waals surface area contributed by atoms with Crippen molar-refractivity contribution in [1.82, 2.24) is 42.5 Å². The average Bonchev–Trinajstić information content (AvgIpc) is 3.31. The minimum Gasteiger partial charge on any atom is -0.481 e. The molecular weight excluding hydrogens is 997 g/mol. The molecule has 0 aliphatic carbocycles. The third kappa shape index (κ3) is 28.9.